The van der Waals surface area contributed by atoms with Crippen LogP contribution in [0.1, 0.15) is 10.4 Å². The highest BCUT2D eigenvalue weighted by Gasteiger charge is 2.08. The first-order valence-corrected chi connectivity index (χ1v) is 5.21. The normalized spacial score (nSPS) is 9.61. The average molecular weight is 250 g/mol. The molecule has 18 heavy (non-hydrogen) atoms. The Kier molecular flexibility index (Phi) is 5.60. The minimum absolute atomic E-state index is 0.143. The van der Waals surface area contributed by atoms with E-state index in [1.54, 1.807) is 24.3 Å². The summed E-state index contributed by atoms with van der Waals surface area (Å²) in [4.78, 5) is 22.4. The van der Waals surface area contributed by atoms with E-state index in [0.717, 1.165) is 6.08 Å². The summed E-state index contributed by atoms with van der Waals surface area (Å²) in [7, 11) is 1.52. The third kappa shape index (κ3) is 4.39. The van der Waals surface area contributed by atoms with Gasteiger partial charge in [-0.15, -0.1) is 0 Å². The summed E-state index contributed by atoms with van der Waals surface area (Å²) in [6.45, 7) is 3.08. The molecule has 0 amide bonds. The Labute approximate surface area is 105 Å². The van der Waals surface area contributed by atoms with Gasteiger partial charge in [0.15, 0.2) is 19.2 Å². The highest BCUT2D eigenvalue weighted by molar-refractivity contribution is 5.98. The number of ketones is 1. The quantitative estimate of drug-likeness (QED) is 0.318. The molecule has 0 fully saturated rings. The number of carbonyl (C=O) groups excluding carboxylic acids is 2. The molecule has 0 saturated carbocycles. The summed E-state index contributed by atoms with van der Waals surface area (Å²) in [6.07, 6.45) is 1.01. The molecule has 0 bridgehead atoms. The van der Waals surface area contributed by atoms with Crippen molar-refractivity contribution in [2.24, 2.45) is 0 Å². The zero-order valence-corrected chi connectivity index (χ0v) is 10.0. The topological polar surface area (TPSA) is 61.8 Å². The Bertz CT molecular complexity index is 422. The molecule has 0 heterocycles. The van der Waals surface area contributed by atoms with Crippen LogP contribution in [-0.2, 0) is 14.3 Å². The standard InChI is InChI=1S/C13H14O5/c1-3-13(15)17-8-12(14)10-4-6-11(7-5-10)18-9-16-2/h3-7H,1,8-9H2,2H3. The molecule has 0 unspecified atom stereocenters. The zero-order valence-electron chi connectivity index (χ0n) is 10.0. The molecule has 1 aromatic carbocycles. The first kappa shape index (κ1) is 13.9. The van der Waals surface area contributed by atoms with Crippen molar-refractivity contribution in [2.45, 2.75) is 0 Å². The van der Waals surface area contributed by atoms with Gasteiger partial charge in [0.2, 0.25) is 0 Å². The maximum absolute atomic E-state index is 11.6. The van der Waals surface area contributed by atoms with E-state index in [4.69, 9.17) is 9.47 Å². The van der Waals surface area contributed by atoms with Gasteiger partial charge in [0.1, 0.15) is 5.75 Å². The van der Waals surface area contributed by atoms with Crippen molar-refractivity contribution in [3.05, 3.63) is 42.5 Å². The summed E-state index contributed by atoms with van der Waals surface area (Å²) >= 11 is 0. The Morgan fingerprint density at radius 2 is 1.94 bits per heavy atom. The van der Waals surface area contributed by atoms with Crippen LogP contribution in [0.5, 0.6) is 5.75 Å². The fourth-order valence-electron chi connectivity index (χ4n) is 1.14. The van der Waals surface area contributed by atoms with Gasteiger partial charge >= 0.3 is 5.97 Å². The molecule has 0 spiro atoms. The van der Waals surface area contributed by atoms with Crippen molar-refractivity contribution in [1.29, 1.82) is 0 Å². The number of esters is 1. The maximum Gasteiger partial charge on any atom is 0.330 e. The number of hydrogen-bond donors (Lipinski definition) is 0. The van der Waals surface area contributed by atoms with Gasteiger partial charge in [0.25, 0.3) is 0 Å². The monoisotopic (exact) mass is 250 g/mol. The first-order chi connectivity index (χ1) is 8.67. The summed E-state index contributed by atoms with van der Waals surface area (Å²) < 4.78 is 14.6. The van der Waals surface area contributed by atoms with Gasteiger partial charge in [0.05, 0.1) is 0 Å². The predicted molar refractivity (Wildman–Crippen MR) is 64.4 cm³/mol. The second kappa shape index (κ2) is 7.24. The molecule has 5 heteroatoms. The zero-order chi connectivity index (χ0) is 13.4. The van der Waals surface area contributed by atoms with Gasteiger partial charge in [-0.25, -0.2) is 4.79 Å². The number of hydrogen-bond acceptors (Lipinski definition) is 5. The molecule has 96 valence electrons. The number of Topliss-reactive ketones (excluding diaryl/α,β-unsaturated/α-hetero) is 1. The molecule has 0 aromatic heterocycles. The Morgan fingerprint density at radius 3 is 2.50 bits per heavy atom. The number of carbonyl (C=O) groups is 2. The van der Waals surface area contributed by atoms with Crippen LogP contribution in [-0.4, -0.2) is 32.3 Å². The Hall–Kier alpha value is -2.14. The van der Waals surface area contributed by atoms with Crippen molar-refractivity contribution in [2.75, 3.05) is 20.5 Å². The van der Waals surface area contributed by atoms with Crippen LogP contribution in [0.4, 0.5) is 0 Å². The van der Waals surface area contributed by atoms with Crippen LogP contribution in [0.15, 0.2) is 36.9 Å². The SMILES string of the molecule is C=CC(=O)OCC(=O)c1ccc(OCOC)cc1. The molecule has 0 radical (unpaired) electrons. The van der Waals surface area contributed by atoms with E-state index in [1.807, 2.05) is 0 Å². The third-order valence-corrected chi connectivity index (χ3v) is 2.03. The van der Waals surface area contributed by atoms with Crippen molar-refractivity contribution >= 4 is 11.8 Å². The lowest BCUT2D eigenvalue weighted by atomic mass is 10.1. The fourth-order valence-corrected chi connectivity index (χ4v) is 1.14. The lowest BCUT2D eigenvalue weighted by molar-refractivity contribution is -0.136. The summed E-state index contributed by atoms with van der Waals surface area (Å²) in [6, 6.07) is 6.47. The summed E-state index contributed by atoms with van der Waals surface area (Å²) in [5.41, 5.74) is 0.441. The van der Waals surface area contributed by atoms with E-state index in [-0.39, 0.29) is 19.2 Å². The molecule has 0 aliphatic rings. The number of rotatable bonds is 7. The van der Waals surface area contributed by atoms with Gasteiger partial charge in [-0.2, -0.15) is 0 Å². The highest BCUT2D eigenvalue weighted by atomic mass is 16.7. The molecule has 0 N–H and O–H groups in total. The minimum Gasteiger partial charge on any atom is -0.468 e. The lowest BCUT2D eigenvalue weighted by Gasteiger charge is -2.05. The van der Waals surface area contributed by atoms with Gasteiger partial charge in [0, 0.05) is 18.7 Å². The fraction of sp³-hybridized carbons (Fsp3) is 0.231. The van der Waals surface area contributed by atoms with Crippen LogP contribution in [0.2, 0.25) is 0 Å². The third-order valence-electron chi connectivity index (χ3n) is 2.03. The predicted octanol–water partition coefficient (Wildman–Crippen LogP) is 1.58. The van der Waals surface area contributed by atoms with E-state index < -0.39 is 5.97 Å². The minimum atomic E-state index is -0.622. The van der Waals surface area contributed by atoms with Gasteiger partial charge in [-0.05, 0) is 24.3 Å². The molecular formula is C13H14O5. The van der Waals surface area contributed by atoms with Gasteiger partial charge in [-0.1, -0.05) is 6.58 Å². The van der Waals surface area contributed by atoms with E-state index in [1.165, 1.54) is 7.11 Å². The molecule has 1 rings (SSSR count). The summed E-state index contributed by atoms with van der Waals surface area (Å²) in [5.74, 6) is -0.316. The van der Waals surface area contributed by atoms with Gasteiger partial charge in [-0.3, -0.25) is 4.79 Å². The maximum atomic E-state index is 11.6. The van der Waals surface area contributed by atoms with Crippen molar-refractivity contribution in [1.82, 2.24) is 0 Å². The van der Waals surface area contributed by atoms with E-state index >= 15 is 0 Å². The van der Waals surface area contributed by atoms with Crippen molar-refractivity contribution in [3.63, 3.8) is 0 Å². The van der Waals surface area contributed by atoms with Crippen molar-refractivity contribution < 1.29 is 23.8 Å². The van der Waals surface area contributed by atoms with Gasteiger partial charge < -0.3 is 14.2 Å². The first-order valence-electron chi connectivity index (χ1n) is 5.21. The number of methoxy groups -OCH3 is 1. The Morgan fingerprint density at radius 1 is 1.28 bits per heavy atom. The number of ether oxygens (including phenoxy) is 3. The lowest BCUT2D eigenvalue weighted by Crippen LogP contribution is -2.12. The van der Waals surface area contributed by atoms with Crippen LogP contribution in [0, 0.1) is 0 Å². The highest BCUT2D eigenvalue weighted by Crippen LogP contribution is 2.12. The molecule has 0 aliphatic carbocycles. The van der Waals surface area contributed by atoms with E-state index in [9.17, 15) is 9.59 Å². The molecular weight excluding hydrogens is 236 g/mol. The molecule has 1 aromatic rings. The molecule has 0 atom stereocenters. The van der Waals surface area contributed by atoms with Crippen LogP contribution < -0.4 is 4.74 Å². The smallest absolute Gasteiger partial charge is 0.330 e. The van der Waals surface area contributed by atoms with E-state index in [2.05, 4.69) is 11.3 Å². The molecule has 0 aliphatic heterocycles. The van der Waals surface area contributed by atoms with Crippen LogP contribution >= 0.6 is 0 Å². The average Bonchev–Trinajstić information content (AvgIpc) is 2.42. The second-order valence-electron chi connectivity index (χ2n) is 3.31. The molecule has 5 nitrogen and oxygen atoms in total. The van der Waals surface area contributed by atoms with Crippen LogP contribution in [0.25, 0.3) is 0 Å². The molecule has 0 saturated heterocycles. The number of benzene rings is 1. The second-order valence-corrected chi connectivity index (χ2v) is 3.31. The Balaban J connectivity index is 2.53. The largest absolute Gasteiger partial charge is 0.468 e. The summed E-state index contributed by atoms with van der Waals surface area (Å²) in [5, 5.41) is 0. The van der Waals surface area contributed by atoms with Crippen molar-refractivity contribution in [3.8, 4) is 5.75 Å². The van der Waals surface area contributed by atoms with E-state index in [0.29, 0.717) is 11.3 Å². The van der Waals surface area contributed by atoms with Crippen LogP contribution in [0.3, 0.4) is 0 Å².